The predicted molar refractivity (Wildman–Crippen MR) is 62.4 cm³/mol. The minimum absolute atomic E-state index is 0.251. The highest BCUT2D eigenvalue weighted by Crippen LogP contribution is 2.24. The molecule has 80 valence electrons. The molecular formula is C9H5Cl2N5. The van der Waals surface area contributed by atoms with Crippen molar-refractivity contribution >= 4 is 28.9 Å². The van der Waals surface area contributed by atoms with Crippen LogP contribution in [0, 0.1) is 0 Å². The highest BCUT2D eigenvalue weighted by Gasteiger charge is 2.07. The van der Waals surface area contributed by atoms with Gasteiger partial charge in [-0.3, -0.25) is 4.57 Å². The van der Waals surface area contributed by atoms with Crippen molar-refractivity contribution in [3.63, 3.8) is 0 Å². The Hall–Kier alpha value is -1.68. The van der Waals surface area contributed by atoms with Crippen LogP contribution in [-0.2, 0) is 0 Å². The van der Waals surface area contributed by atoms with E-state index < -0.39 is 0 Å². The second kappa shape index (κ2) is 4.45. The minimum atomic E-state index is 0.251. The molecule has 0 bridgehead atoms. The van der Waals surface area contributed by atoms with Gasteiger partial charge in [0.2, 0.25) is 0 Å². The third kappa shape index (κ3) is 1.97. The average molecular weight is 254 g/mol. The van der Waals surface area contributed by atoms with E-state index in [1.165, 1.54) is 6.33 Å². The molecule has 0 aliphatic heterocycles. The minimum Gasteiger partial charge on any atom is -0.288 e. The van der Waals surface area contributed by atoms with E-state index in [0.29, 0.717) is 10.8 Å². The van der Waals surface area contributed by atoms with E-state index in [1.807, 2.05) is 0 Å². The second-order valence-corrected chi connectivity index (χ2v) is 3.62. The summed E-state index contributed by atoms with van der Waals surface area (Å²) in [5.41, 5.74) is 9.59. The van der Waals surface area contributed by atoms with Crippen LogP contribution in [-0.4, -0.2) is 9.55 Å². The first-order chi connectivity index (χ1) is 7.72. The maximum absolute atomic E-state index is 8.26. The Labute approximate surface area is 101 Å². The largest absolute Gasteiger partial charge is 0.288 e. The van der Waals surface area contributed by atoms with Gasteiger partial charge in [0.05, 0.1) is 0 Å². The molecule has 1 aromatic heterocycles. The van der Waals surface area contributed by atoms with Gasteiger partial charge in [-0.15, -0.1) is 0 Å². The van der Waals surface area contributed by atoms with Crippen molar-refractivity contribution in [2.45, 2.75) is 0 Å². The molecule has 0 spiro atoms. The SMILES string of the molecule is [N-]=[N+]=Nc1ccc(-n2cnc(Cl)c2Cl)cc1. The van der Waals surface area contributed by atoms with Gasteiger partial charge in [0.25, 0.3) is 0 Å². The van der Waals surface area contributed by atoms with Gasteiger partial charge in [-0.05, 0) is 17.7 Å². The Morgan fingerprint density at radius 2 is 1.94 bits per heavy atom. The van der Waals surface area contributed by atoms with Crippen molar-refractivity contribution in [1.82, 2.24) is 9.55 Å². The molecule has 0 radical (unpaired) electrons. The van der Waals surface area contributed by atoms with Crippen molar-refractivity contribution < 1.29 is 0 Å². The average Bonchev–Trinajstić information content (AvgIpc) is 2.62. The molecule has 16 heavy (non-hydrogen) atoms. The maximum atomic E-state index is 8.26. The molecule has 5 nitrogen and oxygen atoms in total. The van der Waals surface area contributed by atoms with Crippen LogP contribution in [0.25, 0.3) is 16.1 Å². The first-order valence-corrected chi connectivity index (χ1v) is 5.02. The van der Waals surface area contributed by atoms with Crippen molar-refractivity contribution in [2.24, 2.45) is 5.11 Å². The van der Waals surface area contributed by atoms with Crippen LogP contribution >= 0.6 is 23.2 Å². The third-order valence-corrected chi connectivity index (χ3v) is 2.69. The van der Waals surface area contributed by atoms with Gasteiger partial charge in [0.15, 0.2) is 10.3 Å². The highest BCUT2D eigenvalue weighted by atomic mass is 35.5. The van der Waals surface area contributed by atoms with Gasteiger partial charge < -0.3 is 0 Å². The molecule has 0 N–H and O–H groups in total. The number of imidazole rings is 1. The molecule has 2 rings (SSSR count). The number of halogens is 2. The molecule has 1 aromatic carbocycles. The molecule has 0 saturated carbocycles. The molecule has 0 fully saturated rings. The van der Waals surface area contributed by atoms with Crippen LogP contribution < -0.4 is 0 Å². The fraction of sp³-hybridized carbons (Fsp3) is 0. The number of benzene rings is 1. The van der Waals surface area contributed by atoms with Gasteiger partial charge >= 0.3 is 0 Å². The van der Waals surface area contributed by atoms with Crippen LogP contribution in [0.3, 0.4) is 0 Å². The van der Waals surface area contributed by atoms with E-state index in [-0.39, 0.29) is 5.15 Å². The van der Waals surface area contributed by atoms with E-state index in [2.05, 4.69) is 15.0 Å². The lowest BCUT2D eigenvalue weighted by Gasteiger charge is -2.03. The molecule has 2 aromatic rings. The fourth-order valence-electron chi connectivity index (χ4n) is 1.22. The van der Waals surface area contributed by atoms with Gasteiger partial charge in [-0.1, -0.05) is 40.4 Å². The van der Waals surface area contributed by atoms with Crippen LogP contribution in [0.4, 0.5) is 5.69 Å². The van der Waals surface area contributed by atoms with Crippen molar-refractivity contribution in [2.75, 3.05) is 0 Å². The van der Waals surface area contributed by atoms with Crippen molar-refractivity contribution in [3.8, 4) is 5.69 Å². The Bertz CT molecular complexity index is 554. The lowest BCUT2D eigenvalue weighted by Crippen LogP contribution is -1.90. The molecule has 0 amide bonds. The second-order valence-electron chi connectivity index (χ2n) is 2.90. The standard InChI is InChI=1S/C9H5Cl2N5/c10-8-9(11)16(5-13-8)7-3-1-6(2-4-7)14-15-12/h1-5H. The summed E-state index contributed by atoms with van der Waals surface area (Å²) in [5, 5.41) is 4.06. The summed E-state index contributed by atoms with van der Waals surface area (Å²) in [4.78, 5) is 6.55. The van der Waals surface area contributed by atoms with Gasteiger partial charge in [0, 0.05) is 16.3 Å². The lowest BCUT2D eigenvalue weighted by atomic mass is 10.3. The molecule has 0 unspecified atom stereocenters. The van der Waals surface area contributed by atoms with E-state index in [0.717, 1.165) is 5.69 Å². The zero-order chi connectivity index (χ0) is 11.5. The normalized spacial score (nSPS) is 9.88. The van der Waals surface area contributed by atoms with Crippen LogP contribution in [0.15, 0.2) is 35.7 Å². The summed E-state index contributed by atoms with van der Waals surface area (Å²) in [6, 6.07) is 6.88. The van der Waals surface area contributed by atoms with Crippen molar-refractivity contribution in [3.05, 3.63) is 51.3 Å². The van der Waals surface area contributed by atoms with Gasteiger partial charge in [0.1, 0.15) is 6.33 Å². The van der Waals surface area contributed by atoms with E-state index in [9.17, 15) is 0 Å². The Morgan fingerprint density at radius 3 is 2.44 bits per heavy atom. The van der Waals surface area contributed by atoms with E-state index in [4.69, 9.17) is 28.7 Å². The summed E-state index contributed by atoms with van der Waals surface area (Å²) < 4.78 is 1.63. The Balaban J connectivity index is 2.42. The molecule has 7 heteroatoms. The lowest BCUT2D eigenvalue weighted by molar-refractivity contribution is 1.06. The molecule has 0 aliphatic rings. The number of hydrogen-bond acceptors (Lipinski definition) is 2. The van der Waals surface area contributed by atoms with Crippen LogP contribution in [0.2, 0.25) is 10.3 Å². The monoisotopic (exact) mass is 253 g/mol. The molecular weight excluding hydrogens is 249 g/mol. The predicted octanol–water partition coefficient (Wildman–Crippen LogP) is 4.12. The summed E-state index contributed by atoms with van der Waals surface area (Å²) >= 11 is 11.7. The maximum Gasteiger partial charge on any atom is 0.166 e. The summed E-state index contributed by atoms with van der Waals surface area (Å²) in [5.74, 6) is 0. The first-order valence-electron chi connectivity index (χ1n) is 4.26. The van der Waals surface area contributed by atoms with E-state index >= 15 is 0 Å². The first kappa shape index (κ1) is 10.8. The smallest absolute Gasteiger partial charge is 0.166 e. The summed E-state index contributed by atoms with van der Waals surface area (Å²) in [7, 11) is 0. The molecule has 1 heterocycles. The van der Waals surface area contributed by atoms with Gasteiger partial charge in [-0.25, -0.2) is 4.98 Å². The zero-order valence-electron chi connectivity index (χ0n) is 7.88. The van der Waals surface area contributed by atoms with Crippen LogP contribution in [0.1, 0.15) is 0 Å². The topological polar surface area (TPSA) is 66.6 Å². The third-order valence-electron chi connectivity index (χ3n) is 1.96. The zero-order valence-corrected chi connectivity index (χ0v) is 9.39. The number of rotatable bonds is 2. The summed E-state index contributed by atoms with van der Waals surface area (Å²) in [6.07, 6.45) is 1.52. The van der Waals surface area contributed by atoms with Crippen molar-refractivity contribution in [1.29, 1.82) is 0 Å². The number of nitrogens with zero attached hydrogens (tertiary/aromatic N) is 5. The Kier molecular flexibility index (Phi) is 3.01. The summed E-state index contributed by atoms with van der Waals surface area (Å²) in [6.45, 7) is 0. The number of hydrogen-bond donors (Lipinski definition) is 0. The molecule has 0 saturated heterocycles. The van der Waals surface area contributed by atoms with Crippen LogP contribution in [0.5, 0.6) is 0 Å². The number of aromatic nitrogens is 2. The fourth-order valence-corrected chi connectivity index (χ4v) is 1.55. The quantitative estimate of drug-likeness (QED) is 0.451. The van der Waals surface area contributed by atoms with E-state index in [1.54, 1.807) is 28.8 Å². The Morgan fingerprint density at radius 1 is 1.25 bits per heavy atom. The number of azide groups is 1. The molecule has 0 aliphatic carbocycles. The van der Waals surface area contributed by atoms with Gasteiger partial charge in [-0.2, -0.15) is 0 Å². The molecule has 0 atom stereocenters. The highest BCUT2D eigenvalue weighted by molar-refractivity contribution is 6.40.